The highest BCUT2D eigenvalue weighted by molar-refractivity contribution is 6.12. The molecule has 0 aromatic rings. The molecule has 6 nitrogen and oxygen atoms in total. The maximum atomic E-state index is 11.4. The Morgan fingerprint density at radius 3 is 2.61 bits per heavy atom. The molecular formula is C12H17NO5. The Balaban J connectivity index is 2.30. The first-order valence-corrected chi connectivity index (χ1v) is 5.87. The summed E-state index contributed by atoms with van der Waals surface area (Å²) < 4.78 is 9.50. The van der Waals surface area contributed by atoms with Crippen LogP contribution in [-0.4, -0.2) is 37.6 Å². The van der Waals surface area contributed by atoms with Crippen LogP contribution in [0.4, 0.5) is 0 Å². The van der Waals surface area contributed by atoms with Crippen LogP contribution in [0.5, 0.6) is 0 Å². The molecule has 0 unspecified atom stereocenters. The Morgan fingerprint density at radius 2 is 2.06 bits per heavy atom. The van der Waals surface area contributed by atoms with Crippen molar-refractivity contribution in [2.75, 3.05) is 19.8 Å². The largest absolute Gasteiger partial charge is 0.386 e. The fraction of sp³-hybridized carbons (Fsp3) is 0.583. The monoisotopic (exact) mass is 255 g/mol. The van der Waals surface area contributed by atoms with Crippen LogP contribution in [0.3, 0.4) is 0 Å². The molecule has 18 heavy (non-hydrogen) atoms. The van der Waals surface area contributed by atoms with E-state index in [-0.39, 0.29) is 18.7 Å². The van der Waals surface area contributed by atoms with Crippen LogP contribution in [-0.2, 0) is 23.9 Å². The first-order valence-electron chi connectivity index (χ1n) is 5.87. The SMILES string of the molecule is CCOCCNC(=O)CCC1=C(C)C(=O)OC1=O. The van der Waals surface area contributed by atoms with Crippen LogP contribution in [0.2, 0.25) is 0 Å². The van der Waals surface area contributed by atoms with Crippen LogP contribution >= 0.6 is 0 Å². The van der Waals surface area contributed by atoms with Gasteiger partial charge in [0.15, 0.2) is 0 Å². The molecule has 1 rings (SSSR count). The molecule has 1 aliphatic rings. The number of carbonyl (C=O) groups excluding carboxylic acids is 3. The van der Waals surface area contributed by atoms with E-state index >= 15 is 0 Å². The van der Waals surface area contributed by atoms with Crippen molar-refractivity contribution in [3.8, 4) is 0 Å². The molecule has 0 fully saturated rings. The van der Waals surface area contributed by atoms with Crippen LogP contribution < -0.4 is 5.32 Å². The van der Waals surface area contributed by atoms with Gasteiger partial charge in [-0.15, -0.1) is 0 Å². The highest BCUT2D eigenvalue weighted by Crippen LogP contribution is 2.20. The second kappa shape index (κ2) is 6.90. The third-order valence-corrected chi connectivity index (χ3v) is 2.57. The lowest BCUT2D eigenvalue weighted by Gasteiger charge is -2.05. The van der Waals surface area contributed by atoms with Crippen LogP contribution in [0.1, 0.15) is 26.7 Å². The van der Waals surface area contributed by atoms with Gasteiger partial charge in [0, 0.05) is 30.7 Å². The number of rotatable bonds is 7. The van der Waals surface area contributed by atoms with Crippen molar-refractivity contribution in [3.05, 3.63) is 11.1 Å². The summed E-state index contributed by atoms with van der Waals surface area (Å²) in [5.74, 6) is -1.44. The number of ether oxygens (including phenoxy) is 2. The fourth-order valence-corrected chi connectivity index (χ4v) is 1.52. The van der Waals surface area contributed by atoms with Gasteiger partial charge >= 0.3 is 11.9 Å². The Kier molecular flexibility index (Phi) is 5.51. The van der Waals surface area contributed by atoms with Crippen molar-refractivity contribution >= 4 is 17.8 Å². The Labute approximate surface area is 105 Å². The molecule has 0 aromatic carbocycles. The Hall–Kier alpha value is -1.69. The van der Waals surface area contributed by atoms with Crippen molar-refractivity contribution in [2.45, 2.75) is 26.7 Å². The van der Waals surface area contributed by atoms with E-state index in [1.54, 1.807) is 0 Å². The summed E-state index contributed by atoms with van der Waals surface area (Å²) in [4.78, 5) is 33.8. The molecule has 0 aliphatic carbocycles. The van der Waals surface area contributed by atoms with E-state index in [9.17, 15) is 14.4 Å². The standard InChI is InChI=1S/C12H17NO5/c1-3-17-7-6-13-10(14)5-4-9-8(2)11(15)18-12(9)16/h3-7H2,1-2H3,(H,13,14). The zero-order valence-electron chi connectivity index (χ0n) is 10.6. The number of carbonyl (C=O) groups is 3. The van der Waals surface area contributed by atoms with Gasteiger partial charge in [-0.3, -0.25) is 4.79 Å². The topological polar surface area (TPSA) is 81.7 Å². The summed E-state index contributed by atoms with van der Waals surface area (Å²) in [6, 6.07) is 0. The minimum Gasteiger partial charge on any atom is -0.386 e. The minimum atomic E-state index is -0.639. The molecule has 1 heterocycles. The van der Waals surface area contributed by atoms with Crippen molar-refractivity contribution in [3.63, 3.8) is 0 Å². The summed E-state index contributed by atoms with van der Waals surface area (Å²) >= 11 is 0. The highest BCUT2D eigenvalue weighted by Gasteiger charge is 2.29. The zero-order chi connectivity index (χ0) is 13.5. The number of hydrogen-bond donors (Lipinski definition) is 1. The average molecular weight is 255 g/mol. The molecule has 100 valence electrons. The van der Waals surface area contributed by atoms with Crippen LogP contribution in [0, 0.1) is 0 Å². The van der Waals surface area contributed by atoms with E-state index in [0.29, 0.717) is 30.9 Å². The Bertz CT molecular complexity index is 386. The van der Waals surface area contributed by atoms with Gasteiger partial charge in [-0.25, -0.2) is 9.59 Å². The molecule has 1 aliphatic heterocycles. The molecule has 0 spiro atoms. The first kappa shape index (κ1) is 14.4. The van der Waals surface area contributed by atoms with Crippen molar-refractivity contribution < 1.29 is 23.9 Å². The third kappa shape index (κ3) is 3.96. The maximum absolute atomic E-state index is 11.4. The lowest BCUT2D eigenvalue weighted by atomic mass is 10.1. The molecule has 0 aromatic heterocycles. The van der Waals surface area contributed by atoms with Crippen molar-refractivity contribution in [2.24, 2.45) is 0 Å². The van der Waals surface area contributed by atoms with E-state index < -0.39 is 11.9 Å². The third-order valence-electron chi connectivity index (χ3n) is 2.57. The molecule has 0 atom stereocenters. The highest BCUT2D eigenvalue weighted by atomic mass is 16.6. The molecule has 0 bridgehead atoms. The summed E-state index contributed by atoms with van der Waals surface area (Å²) in [6.07, 6.45) is 0.373. The number of hydrogen-bond acceptors (Lipinski definition) is 5. The number of cyclic esters (lactones) is 2. The van der Waals surface area contributed by atoms with E-state index in [1.165, 1.54) is 6.92 Å². The number of amides is 1. The van der Waals surface area contributed by atoms with Crippen molar-refractivity contribution in [1.82, 2.24) is 5.32 Å². The number of nitrogens with one attached hydrogen (secondary N) is 1. The van der Waals surface area contributed by atoms with Crippen molar-refractivity contribution in [1.29, 1.82) is 0 Å². The maximum Gasteiger partial charge on any atom is 0.342 e. The van der Waals surface area contributed by atoms with E-state index in [0.717, 1.165) is 0 Å². The molecule has 0 saturated carbocycles. The van der Waals surface area contributed by atoms with Gasteiger partial charge < -0.3 is 14.8 Å². The van der Waals surface area contributed by atoms with Gasteiger partial charge in [-0.2, -0.15) is 0 Å². The molecule has 1 amide bonds. The smallest absolute Gasteiger partial charge is 0.342 e. The van der Waals surface area contributed by atoms with Gasteiger partial charge in [-0.05, 0) is 20.3 Å². The lowest BCUT2D eigenvalue weighted by molar-refractivity contribution is -0.151. The van der Waals surface area contributed by atoms with E-state index in [2.05, 4.69) is 10.1 Å². The number of esters is 2. The van der Waals surface area contributed by atoms with E-state index in [1.807, 2.05) is 6.92 Å². The predicted molar refractivity (Wildman–Crippen MR) is 62.5 cm³/mol. The summed E-state index contributed by atoms with van der Waals surface area (Å²) in [7, 11) is 0. The van der Waals surface area contributed by atoms with E-state index in [4.69, 9.17) is 4.74 Å². The molecule has 0 saturated heterocycles. The van der Waals surface area contributed by atoms with Gasteiger partial charge in [0.1, 0.15) is 0 Å². The lowest BCUT2D eigenvalue weighted by Crippen LogP contribution is -2.27. The molecule has 6 heteroatoms. The first-order chi connectivity index (χ1) is 8.56. The molecule has 0 radical (unpaired) electrons. The normalized spacial score (nSPS) is 15.0. The molecule has 1 N–H and O–H groups in total. The van der Waals surface area contributed by atoms with Gasteiger partial charge in [0.25, 0.3) is 0 Å². The summed E-state index contributed by atoms with van der Waals surface area (Å²) in [6.45, 7) is 4.91. The quantitative estimate of drug-likeness (QED) is 0.402. The van der Waals surface area contributed by atoms with Gasteiger partial charge in [0.2, 0.25) is 5.91 Å². The van der Waals surface area contributed by atoms with Gasteiger partial charge in [0.05, 0.1) is 6.61 Å². The minimum absolute atomic E-state index is 0.154. The zero-order valence-corrected chi connectivity index (χ0v) is 10.6. The average Bonchev–Trinajstić information content (AvgIpc) is 2.57. The summed E-state index contributed by atoms with van der Waals surface area (Å²) in [5, 5.41) is 2.66. The van der Waals surface area contributed by atoms with Crippen LogP contribution in [0.15, 0.2) is 11.1 Å². The Morgan fingerprint density at radius 1 is 1.33 bits per heavy atom. The second-order valence-electron chi connectivity index (χ2n) is 3.83. The molecular weight excluding hydrogens is 238 g/mol. The van der Waals surface area contributed by atoms with Crippen LogP contribution in [0.25, 0.3) is 0 Å². The summed E-state index contributed by atoms with van der Waals surface area (Å²) in [5.41, 5.74) is 0.585. The second-order valence-corrected chi connectivity index (χ2v) is 3.83. The fourth-order valence-electron chi connectivity index (χ4n) is 1.52. The predicted octanol–water partition coefficient (Wildman–Crippen LogP) is 0.319. The van der Waals surface area contributed by atoms with Gasteiger partial charge in [-0.1, -0.05) is 0 Å².